The molecule has 0 heterocycles. The van der Waals surface area contributed by atoms with Crippen molar-refractivity contribution >= 4 is 0 Å². The first kappa shape index (κ1) is 19.0. The van der Waals surface area contributed by atoms with Crippen LogP contribution in [0.15, 0.2) is 0 Å². The molecule has 0 aliphatic carbocycles. The second-order valence-corrected chi connectivity index (χ2v) is 7.57. The van der Waals surface area contributed by atoms with Crippen LogP contribution >= 0.6 is 0 Å². The third-order valence-electron chi connectivity index (χ3n) is 4.93. The lowest BCUT2D eigenvalue weighted by Crippen LogP contribution is -2.12. The molecule has 116 valence electrons. The standard InChI is InChI=1S/C19H40/c1-8-10-17(6)18(7)11-12-19(9-2)14-16(5)13-15(3)4/h15-19H,8-14H2,1-7H3. The summed E-state index contributed by atoms with van der Waals surface area (Å²) in [6.45, 7) is 16.8. The Morgan fingerprint density at radius 2 is 1.26 bits per heavy atom. The van der Waals surface area contributed by atoms with Gasteiger partial charge in [0.25, 0.3) is 0 Å². The van der Waals surface area contributed by atoms with E-state index < -0.39 is 0 Å². The Labute approximate surface area is 123 Å². The van der Waals surface area contributed by atoms with Crippen molar-refractivity contribution in [2.75, 3.05) is 0 Å². The van der Waals surface area contributed by atoms with Gasteiger partial charge >= 0.3 is 0 Å². The second-order valence-electron chi connectivity index (χ2n) is 7.57. The van der Waals surface area contributed by atoms with E-state index in [1.807, 2.05) is 0 Å². The molecule has 0 amide bonds. The molecule has 0 saturated heterocycles. The Morgan fingerprint density at radius 3 is 1.74 bits per heavy atom. The van der Waals surface area contributed by atoms with Gasteiger partial charge in [0.2, 0.25) is 0 Å². The Balaban J connectivity index is 3.98. The van der Waals surface area contributed by atoms with Crippen LogP contribution in [0.1, 0.15) is 93.4 Å². The Kier molecular flexibility index (Phi) is 10.7. The first-order chi connectivity index (χ1) is 8.90. The summed E-state index contributed by atoms with van der Waals surface area (Å²) in [5, 5.41) is 0. The van der Waals surface area contributed by atoms with E-state index in [2.05, 4.69) is 48.5 Å². The molecular formula is C19H40. The van der Waals surface area contributed by atoms with Crippen molar-refractivity contribution in [3.05, 3.63) is 0 Å². The molecule has 0 aliphatic rings. The van der Waals surface area contributed by atoms with Crippen LogP contribution in [0.5, 0.6) is 0 Å². The smallest absolute Gasteiger partial charge is 0.0414 e. The molecule has 0 aliphatic heterocycles. The van der Waals surface area contributed by atoms with Gasteiger partial charge in [0, 0.05) is 0 Å². The van der Waals surface area contributed by atoms with E-state index in [9.17, 15) is 0 Å². The molecule has 19 heavy (non-hydrogen) atoms. The summed E-state index contributed by atoms with van der Waals surface area (Å²) in [6, 6.07) is 0. The molecule has 0 heteroatoms. The van der Waals surface area contributed by atoms with Crippen molar-refractivity contribution in [1.82, 2.24) is 0 Å². The molecule has 0 radical (unpaired) electrons. The van der Waals surface area contributed by atoms with Crippen LogP contribution in [0, 0.1) is 29.6 Å². The van der Waals surface area contributed by atoms with Gasteiger partial charge in [-0.1, -0.05) is 80.6 Å². The molecule has 0 aromatic carbocycles. The van der Waals surface area contributed by atoms with Crippen LogP contribution in [0.25, 0.3) is 0 Å². The van der Waals surface area contributed by atoms with E-state index in [-0.39, 0.29) is 0 Å². The van der Waals surface area contributed by atoms with Gasteiger partial charge in [-0.25, -0.2) is 0 Å². The lowest BCUT2D eigenvalue weighted by atomic mass is 9.81. The number of hydrogen-bond acceptors (Lipinski definition) is 0. The molecule has 0 spiro atoms. The average Bonchev–Trinajstić information content (AvgIpc) is 2.33. The lowest BCUT2D eigenvalue weighted by Gasteiger charge is -2.24. The summed E-state index contributed by atoms with van der Waals surface area (Å²) < 4.78 is 0. The minimum Gasteiger partial charge on any atom is -0.0654 e. The van der Waals surface area contributed by atoms with Crippen LogP contribution in [-0.4, -0.2) is 0 Å². The molecular weight excluding hydrogens is 228 g/mol. The van der Waals surface area contributed by atoms with Crippen molar-refractivity contribution in [2.24, 2.45) is 29.6 Å². The molecule has 0 rings (SSSR count). The minimum atomic E-state index is 0.857. The highest BCUT2D eigenvalue weighted by atomic mass is 14.2. The van der Waals surface area contributed by atoms with Crippen molar-refractivity contribution in [3.63, 3.8) is 0 Å². The van der Waals surface area contributed by atoms with Crippen LogP contribution in [-0.2, 0) is 0 Å². The Hall–Kier alpha value is 0. The fourth-order valence-electron chi connectivity index (χ4n) is 3.48. The summed E-state index contributed by atoms with van der Waals surface area (Å²) >= 11 is 0. The van der Waals surface area contributed by atoms with Crippen molar-refractivity contribution < 1.29 is 0 Å². The first-order valence-corrected chi connectivity index (χ1v) is 8.90. The molecule has 0 aromatic rings. The van der Waals surface area contributed by atoms with Crippen LogP contribution in [0.4, 0.5) is 0 Å². The number of hydrogen-bond donors (Lipinski definition) is 0. The predicted octanol–water partition coefficient (Wildman–Crippen LogP) is 6.94. The van der Waals surface area contributed by atoms with Gasteiger partial charge in [0.15, 0.2) is 0 Å². The average molecular weight is 269 g/mol. The van der Waals surface area contributed by atoms with Crippen molar-refractivity contribution in [2.45, 2.75) is 93.4 Å². The van der Waals surface area contributed by atoms with E-state index in [1.165, 1.54) is 44.9 Å². The summed E-state index contributed by atoms with van der Waals surface area (Å²) in [5.74, 6) is 4.55. The monoisotopic (exact) mass is 268 g/mol. The van der Waals surface area contributed by atoms with Gasteiger partial charge in [0.05, 0.1) is 0 Å². The third-order valence-corrected chi connectivity index (χ3v) is 4.93. The quantitative estimate of drug-likeness (QED) is 0.381. The SMILES string of the molecule is CCCC(C)C(C)CCC(CC)CC(C)CC(C)C. The van der Waals surface area contributed by atoms with Crippen LogP contribution in [0.3, 0.4) is 0 Å². The molecule has 0 N–H and O–H groups in total. The highest BCUT2D eigenvalue weighted by Crippen LogP contribution is 2.29. The first-order valence-electron chi connectivity index (χ1n) is 8.90. The highest BCUT2D eigenvalue weighted by Gasteiger charge is 2.16. The molecule has 4 unspecified atom stereocenters. The number of rotatable bonds is 11. The Morgan fingerprint density at radius 1 is 0.684 bits per heavy atom. The van der Waals surface area contributed by atoms with Gasteiger partial charge < -0.3 is 0 Å². The van der Waals surface area contributed by atoms with Gasteiger partial charge in [-0.05, 0) is 42.4 Å². The zero-order chi connectivity index (χ0) is 14.8. The van der Waals surface area contributed by atoms with Crippen LogP contribution < -0.4 is 0 Å². The maximum absolute atomic E-state index is 2.46. The van der Waals surface area contributed by atoms with Gasteiger partial charge in [-0.15, -0.1) is 0 Å². The van der Waals surface area contributed by atoms with E-state index in [0.717, 1.165) is 29.6 Å². The summed E-state index contributed by atoms with van der Waals surface area (Å²) in [5.41, 5.74) is 0. The molecule has 0 bridgehead atoms. The minimum absolute atomic E-state index is 0.857. The normalized spacial score (nSPS) is 18.3. The van der Waals surface area contributed by atoms with Gasteiger partial charge in [0.1, 0.15) is 0 Å². The lowest BCUT2D eigenvalue weighted by molar-refractivity contribution is 0.272. The fourth-order valence-corrected chi connectivity index (χ4v) is 3.48. The molecule has 0 aromatic heterocycles. The van der Waals surface area contributed by atoms with E-state index in [0.29, 0.717) is 0 Å². The van der Waals surface area contributed by atoms with E-state index >= 15 is 0 Å². The fraction of sp³-hybridized carbons (Fsp3) is 1.00. The zero-order valence-electron chi connectivity index (χ0n) is 14.8. The summed E-state index contributed by atoms with van der Waals surface area (Å²) in [6.07, 6.45) is 9.86. The molecule has 4 atom stereocenters. The van der Waals surface area contributed by atoms with E-state index in [4.69, 9.17) is 0 Å². The van der Waals surface area contributed by atoms with Gasteiger partial charge in [-0.2, -0.15) is 0 Å². The highest BCUT2D eigenvalue weighted by molar-refractivity contribution is 4.68. The maximum Gasteiger partial charge on any atom is -0.0414 e. The molecule has 0 saturated carbocycles. The van der Waals surface area contributed by atoms with Crippen molar-refractivity contribution in [1.29, 1.82) is 0 Å². The predicted molar refractivity (Wildman–Crippen MR) is 89.5 cm³/mol. The maximum atomic E-state index is 2.46. The largest absolute Gasteiger partial charge is 0.0654 e. The summed E-state index contributed by atoms with van der Waals surface area (Å²) in [4.78, 5) is 0. The Bertz CT molecular complexity index is 194. The van der Waals surface area contributed by atoms with Crippen LogP contribution in [0.2, 0.25) is 0 Å². The topological polar surface area (TPSA) is 0 Å². The summed E-state index contributed by atoms with van der Waals surface area (Å²) in [7, 11) is 0. The molecule has 0 fully saturated rings. The van der Waals surface area contributed by atoms with Crippen molar-refractivity contribution in [3.8, 4) is 0 Å². The third kappa shape index (κ3) is 9.52. The zero-order valence-corrected chi connectivity index (χ0v) is 14.8. The second kappa shape index (κ2) is 10.7. The van der Waals surface area contributed by atoms with Gasteiger partial charge in [-0.3, -0.25) is 0 Å². The van der Waals surface area contributed by atoms with E-state index in [1.54, 1.807) is 0 Å². The molecule has 0 nitrogen and oxygen atoms in total.